The molecule has 2 heteroatoms. The van der Waals surface area contributed by atoms with E-state index < -0.39 is 5.60 Å². The van der Waals surface area contributed by atoms with Gasteiger partial charge in [-0.1, -0.05) is 27.7 Å². The topological polar surface area (TPSA) is 29.5 Å². The SMILES string of the molecule is CC.CCOC(CC)C(C)(O)CC. The summed E-state index contributed by atoms with van der Waals surface area (Å²) in [7, 11) is 0. The highest BCUT2D eigenvalue weighted by Gasteiger charge is 2.28. The summed E-state index contributed by atoms with van der Waals surface area (Å²) >= 11 is 0. The second-order valence-corrected chi connectivity index (χ2v) is 3.06. The van der Waals surface area contributed by atoms with Crippen LogP contribution in [0.25, 0.3) is 0 Å². The number of aliphatic hydroxyl groups is 1. The van der Waals surface area contributed by atoms with Crippen LogP contribution in [0, 0.1) is 0 Å². The zero-order valence-corrected chi connectivity index (χ0v) is 10.1. The van der Waals surface area contributed by atoms with E-state index in [-0.39, 0.29) is 6.10 Å². The van der Waals surface area contributed by atoms with Gasteiger partial charge >= 0.3 is 0 Å². The van der Waals surface area contributed by atoms with E-state index in [1.807, 2.05) is 41.5 Å². The molecule has 0 saturated heterocycles. The molecule has 1 N–H and O–H groups in total. The molecule has 82 valence electrons. The molecule has 0 fully saturated rings. The van der Waals surface area contributed by atoms with Gasteiger partial charge in [0, 0.05) is 6.61 Å². The van der Waals surface area contributed by atoms with Gasteiger partial charge in [-0.2, -0.15) is 0 Å². The van der Waals surface area contributed by atoms with Crippen LogP contribution >= 0.6 is 0 Å². The fourth-order valence-electron chi connectivity index (χ4n) is 1.17. The van der Waals surface area contributed by atoms with E-state index in [0.29, 0.717) is 6.61 Å². The van der Waals surface area contributed by atoms with Gasteiger partial charge in [0.25, 0.3) is 0 Å². The molecular weight excluding hydrogens is 164 g/mol. The molecule has 0 radical (unpaired) electrons. The van der Waals surface area contributed by atoms with Crippen molar-refractivity contribution in [3.63, 3.8) is 0 Å². The molecule has 0 aromatic heterocycles. The van der Waals surface area contributed by atoms with Crippen LogP contribution in [0.3, 0.4) is 0 Å². The maximum atomic E-state index is 9.79. The van der Waals surface area contributed by atoms with Crippen molar-refractivity contribution in [3.8, 4) is 0 Å². The Bertz CT molecular complexity index is 100. The smallest absolute Gasteiger partial charge is 0.0877 e. The highest BCUT2D eigenvalue weighted by molar-refractivity contribution is 4.80. The summed E-state index contributed by atoms with van der Waals surface area (Å²) in [5, 5.41) is 9.79. The molecule has 0 heterocycles. The third-order valence-corrected chi connectivity index (χ3v) is 2.15. The quantitative estimate of drug-likeness (QED) is 0.722. The molecule has 0 aliphatic carbocycles. The molecule has 2 nitrogen and oxygen atoms in total. The lowest BCUT2D eigenvalue weighted by Gasteiger charge is -2.30. The Labute approximate surface area is 83.3 Å². The van der Waals surface area contributed by atoms with E-state index in [9.17, 15) is 5.11 Å². The van der Waals surface area contributed by atoms with E-state index in [4.69, 9.17) is 4.74 Å². The number of ether oxygens (including phenoxy) is 1. The van der Waals surface area contributed by atoms with E-state index in [2.05, 4.69) is 0 Å². The third-order valence-electron chi connectivity index (χ3n) is 2.15. The fourth-order valence-corrected chi connectivity index (χ4v) is 1.17. The molecule has 0 spiro atoms. The summed E-state index contributed by atoms with van der Waals surface area (Å²) in [6.45, 7) is 12.5. The Morgan fingerprint density at radius 3 is 1.92 bits per heavy atom. The Morgan fingerprint density at radius 2 is 1.69 bits per heavy atom. The minimum Gasteiger partial charge on any atom is -0.387 e. The van der Waals surface area contributed by atoms with Gasteiger partial charge in [-0.15, -0.1) is 0 Å². The van der Waals surface area contributed by atoms with Crippen molar-refractivity contribution in [2.45, 2.75) is 66.1 Å². The standard InChI is InChI=1S/C9H20O2.C2H6/c1-5-8(11-7-3)9(4,10)6-2;1-2/h8,10H,5-7H2,1-4H3;1-2H3. The lowest BCUT2D eigenvalue weighted by Crippen LogP contribution is -2.40. The van der Waals surface area contributed by atoms with Gasteiger partial charge in [0.05, 0.1) is 11.7 Å². The van der Waals surface area contributed by atoms with E-state index in [0.717, 1.165) is 12.8 Å². The summed E-state index contributed by atoms with van der Waals surface area (Å²) in [6.07, 6.45) is 1.60. The minimum absolute atomic E-state index is 0.0162. The summed E-state index contributed by atoms with van der Waals surface area (Å²) in [5.41, 5.74) is -0.662. The van der Waals surface area contributed by atoms with Gasteiger partial charge in [-0.3, -0.25) is 0 Å². The van der Waals surface area contributed by atoms with E-state index >= 15 is 0 Å². The fraction of sp³-hybridized carbons (Fsp3) is 1.00. The van der Waals surface area contributed by atoms with Crippen LogP contribution in [-0.2, 0) is 4.74 Å². The molecule has 0 bridgehead atoms. The summed E-state index contributed by atoms with van der Waals surface area (Å²) in [6, 6.07) is 0. The predicted octanol–water partition coefficient (Wildman–Crippen LogP) is 2.99. The Balaban J connectivity index is 0. The Hall–Kier alpha value is -0.0800. The highest BCUT2D eigenvalue weighted by Crippen LogP contribution is 2.19. The molecule has 0 rings (SSSR count). The van der Waals surface area contributed by atoms with Crippen LogP contribution in [0.4, 0.5) is 0 Å². The normalized spacial score (nSPS) is 16.8. The summed E-state index contributed by atoms with van der Waals surface area (Å²) in [5.74, 6) is 0. The maximum Gasteiger partial charge on any atom is 0.0877 e. The van der Waals surface area contributed by atoms with Gasteiger partial charge in [0.1, 0.15) is 0 Å². The molecule has 0 saturated carbocycles. The van der Waals surface area contributed by atoms with Crippen LogP contribution in [0.5, 0.6) is 0 Å². The molecule has 2 unspecified atom stereocenters. The molecule has 0 aromatic carbocycles. The first-order valence-electron chi connectivity index (χ1n) is 5.42. The van der Waals surface area contributed by atoms with Crippen LogP contribution in [0.15, 0.2) is 0 Å². The monoisotopic (exact) mass is 190 g/mol. The average Bonchev–Trinajstić information content (AvgIpc) is 2.17. The van der Waals surface area contributed by atoms with Crippen molar-refractivity contribution in [1.82, 2.24) is 0 Å². The molecule has 0 aromatic rings. The minimum atomic E-state index is -0.662. The highest BCUT2D eigenvalue weighted by atomic mass is 16.5. The molecule has 0 aliphatic rings. The lowest BCUT2D eigenvalue weighted by molar-refractivity contribution is -0.0984. The Kier molecular flexibility index (Phi) is 10.1. The van der Waals surface area contributed by atoms with E-state index in [1.165, 1.54) is 0 Å². The molecular formula is C11H26O2. The molecule has 0 amide bonds. The average molecular weight is 190 g/mol. The van der Waals surface area contributed by atoms with Gasteiger partial charge in [0.15, 0.2) is 0 Å². The largest absolute Gasteiger partial charge is 0.387 e. The van der Waals surface area contributed by atoms with Gasteiger partial charge in [-0.25, -0.2) is 0 Å². The zero-order chi connectivity index (χ0) is 10.9. The van der Waals surface area contributed by atoms with Crippen molar-refractivity contribution < 1.29 is 9.84 Å². The van der Waals surface area contributed by atoms with E-state index in [1.54, 1.807) is 0 Å². The van der Waals surface area contributed by atoms with Crippen molar-refractivity contribution in [1.29, 1.82) is 0 Å². The van der Waals surface area contributed by atoms with Crippen molar-refractivity contribution in [3.05, 3.63) is 0 Å². The first-order valence-corrected chi connectivity index (χ1v) is 5.42. The van der Waals surface area contributed by atoms with Gasteiger partial charge in [-0.05, 0) is 26.7 Å². The van der Waals surface area contributed by atoms with Crippen molar-refractivity contribution in [2.24, 2.45) is 0 Å². The second kappa shape index (κ2) is 8.52. The van der Waals surface area contributed by atoms with Crippen LogP contribution in [-0.4, -0.2) is 23.4 Å². The van der Waals surface area contributed by atoms with Crippen LogP contribution in [0.2, 0.25) is 0 Å². The first kappa shape index (κ1) is 15.4. The maximum absolute atomic E-state index is 9.79. The second-order valence-electron chi connectivity index (χ2n) is 3.06. The lowest BCUT2D eigenvalue weighted by atomic mass is 9.94. The summed E-state index contributed by atoms with van der Waals surface area (Å²) < 4.78 is 5.40. The number of rotatable bonds is 5. The summed E-state index contributed by atoms with van der Waals surface area (Å²) in [4.78, 5) is 0. The van der Waals surface area contributed by atoms with Crippen LogP contribution in [0.1, 0.15) is 54.4 Å². The van der Waals surface area contributed by atoms with Gasteiger partial charge < -0.3 is 9.84 Å². The Morgan fingerprint density at radius 1 is 1.23 bits per heavy atom. The zero-order valence-electron chi connectivity index (χ0n) is 10.1. The number of hydrogen-bond acceptors (Lipinski definition) is 2. The van der Waals surface area contributed by atoms with Crippen LogP contribution < -0.4 is 0 Å². The third kappa shape index (κ3) is 6.05. The molecule has 13 heavy (non-hydrogen) atoms. The van der Waals surface area contributed by atoms with Crippen molar-refractivity contribution in [2.75, 3.05) is 6.61 Å². The molecule has 0 aliphatic heterocycles. The predicted molar refractivity (Wildman–Crippen MR) is 58.0 cm³/mol. The first-order chi connectivity index (χ1) is 6.08. The van der Waals surface area contributed by atoms with Gasteiger partial charge in [0.2, 0.25) is 0 Å². The molecule has 2 atom stereocenters. The number of hydrogen-bond donors (Lipinski definition) is 1. The van der Waals surface area contributed by atoms with Crippen molar-refractivity contribution >= 4 is 0 Å².